The number of hydrogen-bond acceptors (Lipinski definition) is 7. The molecule has 0 aromatic carbocycles. The smallest absolute Gasteiger partial charge is 0.396 e. The van der Waals surface area contributed by atoms with Crippen LogP contribution in [0.1, 0.15) is 42.1 Å². The Hall–Kier alpha value is -2.66. The van der Waals surface area contributed by atoms with Gasteiger partial charge in [0.2, 0.25) is 0 Å². The van der Waals surface area contributed by atoms with Crippen LogP contribution in [0.3, 0.4) is 0 Å². The second-order valence-corrected chi connectivity index (χ2v) is 10.3. The average Bonchev–Trinajstić information content (AvgIpc) is 3.44. The van der Waals surface area contributed by atoms with Crippen LogP contribution in [0.25, 0.3) is 5.70 Å². The monoisotopic (exact) mass is 454 g/mol. The van der Waals surface area contributed by atoms with E-state index in [2.05, 4.69) is 16.5 Å². The number of anilines is 2. The summed E-state index contributed by atoms with van der Waals surface area (Å²) in [6, 6.07) is 2.60. The molecule has 1 unspecified atom stereocenters. The highest BCUT2D eigenvalue weighted by atomic mass is 32.2. The van der Waals surface area contributed by atoms with Gasteiger partial charge in [0.15, 0.2) is 5.82 Å². The summed E-state index contributed by atoms with van der Waals surface area (Å²) in [6.45, 7) is 5.67. The number of aromatic nitrogens is 2. The molecule has 0 radical (unpaired) electrons. The zero-order chi connectivity index (χ0) is 23.2. The maximum atomic E-state index is 12.9. The first-order chi connectivity index (χ1) is 14.3. The highest BCUT2D eigenvalue weighted by Crippen LogP contribution is 2.43. The van der Waals surface area contributed by atoms with Crippen LogP contribution >= 0.6 is 0 Å². The van der Waals surface area contributed by atoms with Gasteiger partial charge in [0, 0.05) is 40.5 Å². The Bertz CT molecular complexity index is 1130. The summed E-state index contributed by atoms with van der Waals surface area (Å²) in [5.74, 6) is 0.202. The lowest BCUT2D eigenvalue weighted by atomic mass is 10.0. The molecule has 168 valence electrons. The SMILES string of the molecule is C=C(c1ncc(C2(N)CC2)cc1CS(=N)(=O)CC)N(C)c1ncc(C(F)(F)F)cc1N. The normalized spacial score (nSPS) is 17.1. The summed E-state index contributed by atoms with van der Waals surface area (Å²) < 4.78 is 59.3. The molecule has 7 nitrogen and oxygen atoms in total. The molecule has 5 N–H and O–H groups in total. The quantitative estimate of drug-likeness (QED) is 0.586. The van der Waals surface area contributed by atoms with Crippen molar-refractivity contribution in [2.75, 3.05) is 23.4 Å². The van der Waals surface area contributed by atoms with Gasteiger partial charge in [-0.05, 0) is 36.1 Å². The van der Waals surface area contributed by atoms with Crippen LogP contribution in [0.2, 0.25) is 0 Å². The zero-order valence-electron chi connectivity index (χ0n) is 17.3. The Kier molecular flexibility index (Phi) is 5.78. The number of pyridine rings is 2. The van der Waals surface area contributed by atoms with Crippen LogP contribution in [0.4, 0.5) is 24.7 Å². The molecule has 0 saturated heterocycles. The third-order valence-corrected chi connectivity index (χ3v) is 7.11. The molecule has 2 heterocycles. The van der Waals surface area contributed by atoms with Crippen LogP contribution in [0.5, 0.6) is 0 Å². The van der Waals surface area contributed by atoms with Crippen LogP contribution in [-0.2, 0) is 27.2 Å². The summed E-state index contributed by atoms with van der Waals surface area (Å²) >= 11 is 0. The van der Waals surface area contributed by atoms with Crippen molar-refractivity contribution in [1.82, 2.24) is 9.97 Å². The van der Waals surface area contributed by atoms with Crippen LogP contribution < -0.4 is 16.4 Å². The van der Waals surface area contributed by atoms with E-state index in [1.807, 2.05) is 0 Å². The number of nitrogens with one attached hydrogen (secondary N) is 1. The van der Waals surface area contributed by atoms with Crippen molar-refractivity contribution in [3.63, 3.8) is 0 Å². The maximum absolute atomic E-state index is 12.9. The van der Waals surface area contributed by atoms with Crippen LogP contribution in [0.15, 0.2) is 31.1 Å². The van der Waals surface area contributed by atoms with E-state index in [0.717, 1.165) is 24.5 Å². The van der Waals surface area contributed by atoms with Gasteiger partial charge in [0.25, 0.3) is 0 Å². The lowest BCUT2D eigenvalue weighted by molar-refractivity contribution is -0.137. The molecule has 0 bridgehead atoms. The van der Waals surface area contributed by atoms with Crippen LogP contribution in [-0.4, -0.2) is 27.0 Å². The van der Waals surface area contributed by atoms with Gasteiger partial charge < -0.3 is 16.4 Å². The van der Waals surface area contributed by atoms with Crippen molar-refractivity contribution in [3.8, 4) is 0 Å². The van der Waals surface area contributed by atoms with E-state index in [0.29, 0.717) is 23.2 Å². The van der Waals surface area contributed by atoms with E-state index in [4.69, 9.17) is 16.2 Å². The second-order valence-electron chi connectivity index (χ2n) is 7.77. The lowest BCUT2D eigenvalue weighted by Crippen LogP contribution is -2.23. The second kappa shape index (κ2) is 7.79. The molecule has 11 heteroatoms. The minimum Gasteiger partial charge on any atom is -0.396 e. The summed E-state index contributed by atoms with van der Waals surface area (Å²) in [5.41, 5.74) is 12.5. The zero-order valence-corrected chi connectivity index (χ0v) is 18.1. The number of hydrogen-bond donors (Lipinski definition) is 3. The Balaban J connectivity index is 2.00. The molecular weight excluding hydrogens is 429 g/mol. The topological polar surface area (TPSA) is 122 Å². The van der Waals surface area contributed by atoms with E-state index < -0.39 is 27.0 Å². The van der Waals surface area contributed by atoms with Crippen molar-refractivity contribution < 1.29 is 17.4 Å². The van der Waals surface area contributed by atoms with Crippen molar-refractivity contribution in [2.24, 2.45) is 5.73 Å². The molecule has 1 aliphatic carbocycles. The Labute approximate surface area is 179 Å². The van der Waals surface area contributed by atoms with E-state index in [9.17, 15) is 17.4 Å². The van der Waals surface area contributed by atoms with Gasteiger partial charge in [0.05, 0.1) is 28.4 Å². The molecule has 2 aromatic rings. The van der Waals surface area contributed by atoms with Crippen molar-refractivity contribution >= 4 is 26.9 Å². The first-order valence-corrected chi connectivity index (χ1v) is 11.5. The number of alkyl halides is 3. The maximum Gasteiger partial charge on any atom is 0.417 e. The molecule has 0 aliphatic heterocycles. The van der Waals surface area contributed by atoms with E-state index in [-0.39, 0.29) is 23.0 Å². The first kappa shape index (κ1) is 23.0. The van der Waals surface area contributed by atoms with Gasteiger partial charge >= 0.3 is 6.18 Å². The van der Waals surface area contributed by atoms with Gasteiger partial charge in [-0.3, -0.25) is 9.76 Å². The number of rotatable bonds is 7. The van der Waals surface area contributed by atoms with Gasteiger partial charge in [0.1, 0.15) is 0 Å². The number of halogens is 3. The third-order valence-electron chi connectivity index (χ3n) is 5.40. The molecule has 0 amide bonds. The molecule has 1 aliphatic rings. The summed E-state index contributed by atoms with van der Waals surface area (Å²) in [5, 5.41) is 0. The van der Waals surface area contributed by atoms with Crippen LogP contribution in [0, 0.1) is 4.78 Å². The minimum atomic E-state index is -4.56. The molecule has 2 aromatic heterocycles. The Morgan fingerprint density at radius 3 is 2.48 bits per heavy atom. The number of nitrogens with two attached hydrogens (primary N) is 2. The number of nitrogen functional groups attached to an aromatic ring is 1. The molecule has 3 rings (SSSR count). The van der Waals surface area contributed by atoms with Crippen molar-refractivity contribution in [1.29, 1.82) is 4.78 Å². The lowest BCUT2D eigenvalue weighted by Gasteiger charge is -2.24. The van der Waals surface area contributed by atoms with E-state index >= 15 is 0 Å². The summed E-state index contributed by atoms with van der Waals surface area (Å²) in [7, 11) is -1.34. The summed E-state index contributed by atoms with van der Waals surface area (Å²) in [4.78, 5) is 9.74. The predicted octanol–water partition coefficient (Wildman–Crippen LogP) is 3.70. The van der Waals surface area contributed by atoms with E-state index in [1.165, 1.54) is 4.90 Å². The standard InChI is InChI=1S/C20H25F3N6OS/c1-4-31(26,30)11-13-7-14(19(25)5-6-19)9-27-17(13)12(2)29(3)18-16(24)8-15(10-28-18)20(21,22)23/h7-10,26H,2,4-6,11,24-25H2,1,3H3. The molecule has 1 saturated carbocycles. The van der Waals surface area contributed by atoms with Crippen molar-refractivity contribution in [2.45, 2.75) is 37.2 Å². The first-order valence-electron chi connectivity index (χ1n) is 9.55. The molecule has 1 atom stereocenters. The average molecular weight is 455 g/mol. The molecule has 0 spiro atoms. The highest BCUT2D eigenvalue weighted by molar-refractivity contribution is 7.91. The van der Waals surface area contributed by atoms with Gasteiger partial charge in [-0.15, -0.1) is 0 Å². The highest BCUT2D eigenvalue weighted by Gasteiger charge is 2.41. The predicted molar refractivity (Wildman–Crippen MR) is 116 cm³/mol. The largest absolute Gasteiger partial charge is 0.417 e. The van der Waals surface area contributed by atoms with Gasteiger partial charge in [-0.1, -0.05) is 13.5 Å². The molecular formula is C20H25F3N6OS. The van der Waals surface area contributed by atoms with Gasteiger partial charge in [-0.2, -0.15) is 13.2 Å². The summed E-state index contributed by atoms with van der Waals surface area (Å²) in [6.07, 6.45) is -0.623. The fraction of sp³-hybridized carbons (Fsp3) is 0.400. The molecule has 1 fully saturated rings. The van der Waals surface area contributed by atoms with E-state index in [1.54, 1.807) is 26.2 Å². The number of nitrogens with zero attached hydrogens (tertiary/aromatic N) is 3. The van der Waals surface area contributed by atoms with Crippen molar-refractivity contribution in [3.05, 3.63) is 53.5 Å². The fourth-order valence-corrected chi connectivity index (χ4v) is 4.05. The van der Waals surface area contributed by atoms with Gasteiger partial charge in [-0.25, -0.2) is 9.19 Å². The third kappa shape index (κ3) is 4.82. The fourth-order valence-electron chi connectivity index (χ4n) is 3.13. The Morgan fingerprint density at radius 1 is 1.32 bits per heavy atom. The molecule has 31 heavy (non-hydrogen) atoms. The Morgan fingerprint density at radius 2 is 1.97 bits per heavy atom. The minimum absolute atomic E-state index is 0.0431.